The first-order valence-corrected chi connectivity index (χ1v) is 13.4. The van der Waals surface area contributed by atoms with Crippen LogP contribution in [0.1, 0.15) is 46.7 Å². The molecule has 0 aromatic carbocycles. The van der Waals surface area contributed by atoms with Crippen LogP contribution in [0.25, 0.3) is 6.08 Å². The fraction of sp³-hybridized carbons (Fsp3) is 0.567. The van der Waals surface area contributed by atoms with E-state index in [-0.39, 0.29) is 30.3 Å². The van der Waals surface area contributed by atoms with Gasteiger partial charge in [-0.25, -0.2) is 9.78 Å². The Bertz CT molecular complexity index is 1210. The molecule has 0 unspecified atom stereocenters. The number of methoxy groups -OCH3 is 1. The molecule has 39 heavy (non-hydrogen) atoms. The molecule has 3 heterocycles. The van der Waals surface area contributed by atoms with Crippen LogP contribution in [-0.2, 0) is 35.6 Å². The molecule has 0 amide bonds. The molecule has 2 aliphatic heterocycles. The second kappa shape index (κ2) is 10.9. The number of imidazole rings is 1. The molecule has 2 bridgehead atoms. The van der Waals surface area contributed by atoms with E-state index in [0.717, 1.165) is 0 Å². The highest BCUT2D eigenvalue weighted by molar-refractivity contribution is 5.86. The molecule has 1 aromatic rings. The molecule has 0 fully saturated rings. The molecule has 0 spiro atoms. The van der Waals surface area contributed by atoms with Gasteiger partial charge in [0.2, 0.25) is 5.79 Å². The van der Waals surface area contributed by atoms with E-state index in [1.54, 1.807) is 36.2 Å². The maximum absolute atomic E-state index is 13.1. The summed E-state index contributed by atoms with van der Waals surface area (Å²) >= 11 is 0. The Morgan fingerprint density at radius 1 is 1.28 bits per heavy atom. The Morgan fingerprint density at radius 3 is 2.64 bits per heavy atom. The van der Waals surface area contributed by atoms with Crippen LogP contribution in [0.4, 0.5) is 0 Å². The van der Waals surface area contributed by atoms with Crippen molar-refractivity contribution < 1.29 is 33.6 Å². The van der Waals surface area contributed by atoms with Crippen molar-refractivity contribution in [2.24, 2.45) is 30.7 Å². The zero-order valence-corrected chi connectivity index (χ0v) is 23.8. The van der Waals surface area contributed by atoms with Gasteiger partial charge in [0.15, 0.2) is 0 Å². The van der Waals surface area contributed by atoms with Crippen molar-refractivity contribution in [3.63, 3.8) is 0 Å². The van der Waals surface area contributed by atoms with Gasteiger partial charge < -0.3 is 28.6 Å². The third-order valence-corrected chi connectivity index (χ3v) is 8.15. The summed E-state index contributed by atoms with van der Waals surface area (Å²) in [7, 11) is 3.38. The van der Waals surface area contributed by atoms with Crippen LogP contribution in [-0.4, -0.2) is 63.4 Å². The first-order chi connectivity index (χ1) is 18.3. The minimum Gasteiger partial charge on any atom is -0.461 e. The third-order valence-electron chi connectivity index (χ3n) is 8.15. The van der Waals surface area contributed by atoms with E-state index in [4.69, 9.17) is 18.9 Å². The zero-order valence-electron chi connectivity index (χ0n) is 23.8. The third kappa shape index (κ3) is 5.95. The van der Waals surface area contributed by atoms with Crippen molar-refractivity contribution in [3.05, 3.63) is 60.2 Å². The van der Waals surface area contributed by atoms with E-state index < -0.39 is 35.0 Å². The lowest BCUT2D eigenvalue weighted by atomic mass is 9.63. The lowest BCUT2D eigenvalue weighted by Crippen LogP contribution is -2.50. The molecule has 9 heteroatoms. The average Bonchev–Trinajstić information content (AvgIpc) is 3.45. The lowest BCUT2D eigenvalue weighted by molar-refractivity contribution is -0.229. The summed E-state index contributed by atoms with van der Waals surface area (Å²) in [6.45, 7) is 9.19. The van der Waals surface area contributed by atoms with E-state index in [9.17, 15) is 14.7 Å². The fourth-order valence-electron chi connectivity index (χ4n) is 5.92. The Kier molecular flexibility index (Phi) is 8.08. The molecule has 212 valence electrons. The monoisotopic (exact) mass is 540 g/mol. The molecule has 3 aliphatic rings. The number of aromatic nitrogens is 2. The number of hydrogen-bond donors (Lipinski definition) is 1. The van der Waals surface area contributed by atoms with Crippen molar-refractivity contribution in [1.82, 2.24) is 9.55 Å². The molecule has 1 aliphatic carbocycles. The maximum Gasteiger partial charge on any atom is 0.331 e. The van der Waals surface area contributed by atoms with E-state index in [1.165, 1.54) is 20.1 Å². The van der Waals surface area contributed by atoms with Crippen LogP contribution in [0.3, 0.4) is 0 Å². The van der Waals surface area contributed by atoms with Crippen molar-refractivity contribution in [3.8, 4) is 0 Å². The molecule has 1 aromatic heterocycles. The summed E-state index contributed by atoms with van der Waals surface area (Å²) < 4.78 is 25.8. The van der Waals surface area contributed by atoms with Crippen molar-refractivity contribution in [2.75, 3.05) is 13.7 Å². The highest BCUT2D eigenvalue weighted by Crippen LogP contribution is 2.50. The highest BCUT2D eigenvalue weighted by Gasteiger charge is 2.55. The molecule has 9 nitrogen and oxygen atoms in total. The predicted octanol–water partition coefficient (Wildman–Crippen LogP) is 3.75. The second-order valence-corrected chi connectivity index (χ2v) is 11.5. The van der Waals surface area contributed by atoms with Crippen LogP contribution in [0.2, 0.25) is 0 Å². The summed E-state index contributed by atoms with van der Waals surface area (Å²) in [6, 6.07) is 0. The maximum atomic E-state index is 13.1. The van der Waals surface area contributed by atoms with Gasteiger partial charge in [-0.2, -0.15) is 0 Å². The van der Waals surface area contributed by atoms with E-state index in [1.807, 2.05) is 32.2 Å². The minimum atomic E-state index is -1.33. The van der Waals surface area contributed by atoms with Crippen molar-refractivity contribution in [2.45, 2.75) is 64.1 Å². The number of nitrogens with zero attached hydrogens (tertiary/aromatic N) is 2. The van der Waals surface area contributed by atoms with Gasteiger partial charge in [0.25, 0.3) is 0 Å². The number of aryl methyl sites for hydroxylation is 1. The number of hydrogen-bond acceptors (Lipinski definition) is 8. The number of aliphatic hydroxyl groups is 1. The van der Waals surface area contributed by atoms with Crippen LogP contribution >= 0.6 is 0 Å². The first kappa shape index (κ1) is 29.0. The average molecular weight is 541 g/mol. The van der Waals surface area contributed by atoms with Crippen LogP contribution < -0.4 is 0 Å². The number of carbonyl (C=O) groups excluding carboxylic acids is 2. The number of esters is 2. The van der Waals surface area contributed by atoms with E-state index in [2.05, 4.69) is 24.9 Å². The molecule has 7 atom stereocenters. The Balaban J connectivity index is 1.77. The van der Waals surface area contributed by atoms with Gasteiger partial charge >= 0.3 is 11.9 Å². The van der Waals surface area contributed by atoms with Crippen LogP contribution in [0.5, 0.6) is 0 Å². The van der Waals surface area contributed by atoms with Crippen LogP contribution in [0, 0.1) is 23.7 Å². The van der Waals surface area contributed by atoms with E-state index >= 15 is 0 Å². The van der Waals surface area contributed by atoms with Gasteiger partial charge in [-0.1, -0.05) is 32.1 Å². The number of ether oxygens (including phenoxy) is 4. The normalized spacial score (nSPS) is 35.8. The SMILES string of the molecule is CO[C@@]12C=C[C@@](C)(O1)[C@@H](OC(=O)/C=C/c1cn(C)cn1)C[C@H]1[C@H](C=C2COC(C)=O)[C@@H](C(C)C)C=C[C@@]1(C)O. The summed E-state index contributed by atoms with van der Waals surface area (Å²) in [5.74, 6) is -2.48. The largest absolute Gasteiger partial charge is 0.461 e. The quantitative estimate of drug-likeness (QED) is 0.316. The molecule has 1 N–H and O–H groups in total. The summed E-state index contributed by atoms with van der Waals surface area (Å²) in [5.41, 5.74) is -1.02. The number of rotatable bonds is 7. The second-order valence-electron chi connectivity index (χ2n) is 11.5. The van der Waals surface area contributed by atoms with Gasteiger partial charge in [0.1, 0.15) is 18.3 Å². The van der Waals surface area contributed by atoms with Crippen molar-refractivity contribution in [1.29, 1.82) is 0 Å². The van der Waals surface area contributed by atoms with Crippen LogP contribution in [0.15, 0.2) is 54.6 Å². The number of carbonyl (C=O) groups is 2. The number of fused-ring (bicyclic) bond motifs is 3. The minimum absolute atomic E-state index is 0.0409. The first-order valence-electron chi connectivity index (χ1n) is 13.4. The topological polar surface area (TPSA) is 109 Å². The van der Waals surface area contributed by atoms with Gasteiger partial charge in [0, 0.05) is 44.8 Å². The molecular formula is C30H40N2O7. The summed E-state index contributed by atoms with van der Waals surface area (Å²) in [6.07, 6.45) is 15.5. The van der Waals surface area contributed by atoms with Gasteiger partial charge in [-0.05, 0) is 56.3 Å². The molecular weight excluding hydrogens is 500 g/mol. The highest BCUT2D eigenvalue weighted by atomic mass is 16.7. The molecule has 4 rings (SSSR count). The lowest BCUT2D eigenvalue weighted by Gasteiger charge is -2.45. The van der Waals surface area contributed by atoms with Gasteiger partial charge in [0.05, 0.1) is 17.6 Å². The van der Waals surface area contributed by atoms with Crippen molar-refractivity contribution >= 4 is 18.0 Å². The molecule has 0 saturated heterocycles. The predicted molar refractivity (Wildman–Crippen MR) is 145 cm³/mol. The van der Waals surface area contributed by atoms with E-state index in [0.29, 0.717) is 17.7 Å². The fourth-order valence-corrected chi connectivity index (χ4v) is 5.92. The summed E-state index contributed by atoms with van der Waals surface area (Å²) in [4.78, 5) is 29.1. The van der Waals surface area contributed by atoms with Gasteiger partial charge in [-0.15, -0.1) is 0 Å². The Hall–Kier alpha value is -3.01. The zero-order chi connectivity index (χ0) is 28.6. The smallest absolute Gasteiger partial charge is 0.331 e. The summed E-state index contributed by atoms with van der Waals surface area (Å²) in [5, 5.41) is 11.6. The Labute approximate surface area is 230 Å². The standard InChI is InChI=1S/C30H40N2O7/c1-19(2)23-10-11-28(4,35)25-15-26(38-27(34)9-8-22-16-32(6)18-31-22)29(5)12-13-30(36-7,39-29)21(14-24(23)25)17-37-20(3)33/h8-14,16,18-19,23-26,35H,15,17H2,1-7H3/b9-8+,21-14?/t23-,24-,25+,26+,28-,29-,30+/m1/s1. The molecule has 0 radical (unpaired) electrons. The Morgan fingerprint density at radius 2 is 2.03 bits per heavy atom. The number of allylic oxidation sites excluding steroid dienone is 2. The van der Waals surface area contributed by atoms with Gasteiger partial charge in [-0.3, -0.25) is 4.79 Å². The molecule has 0 saturated carbocycles.